The van der Waals surface area contributed by atoms with Crippen molar-refractivity contribution in [3.8, 4) is 0 Å². The van der Waals surface area contributed by atoms with Gasteiger partial charge in [-0.2, -0.15) is 0 Å². The molecular formula is C10H16N4O3S. The van der Waals surface area contributed by atoms with Gasteiger partial charge < -0.3 is 10.6 Å². The predicted molar refractivity (Wildman–Crippen MR) is 68.7 cm³/mol. The Kier molecular flexibility index (Phi) is 5.05. The molecule has 4 N–H and O–H groups in total. The van der Waals surface area contributed by atoms with Crippen LogP contribution >= 0.6 is 0 Å². The number of hydrogen-bond donors (Lipinski definition) is 3. The standard InChI is InChI=1S/C10H16N4O3S/c1-12-9-7-8(3-5-13-9)10(15)14-4-2-6-18(11,16)17/h3,5,7H,2,4,6H2,1H3,(H,12,13)(H,14,15)(H2,11,16,17). The summed E-state index contributed by atoms with van der Waals surface area (Å²) in [5, 5.41) is 10.3. The summed E-state index contributed by atoms with van der Waals surface area (Å²) in [6.45, 7) is 0.256. The summed E-state index contributed by atoms with van der Waals surface area (Å²) in [6.07, 6.45) is 1.81. The fourth-order valence-electron chi connectivity index (χ4n) is 1.29. The SMILES string of the molecule is CNc1cc(C(=O)NCCCS(N)(=O)=O)ccn1. The number of sulfonamides is 1. The van der Waals surface area contributed by atoms with Crippen LogP contribution in [0, 0.1) is 0 Å². The average Bonchev–Trinajstić information content (AvgIpc) is 2.33. The van der Waals surface area contributed by atoms with Crippen LogP contribution < -0.4 is 15.8 Å². The molecule has 8 heteroatoms. The normalized spacial score (nSPS) is 11.0. The Morgan fingerprint density at radius 1 is 1.50 bits per heavy atom. The van der Waals surface area contributed by atoms with Gasteiger partial charge in [-0.3, -0.25) is 4.79 Å². The van der Waals surface area contributed by atoms with E-state index in [2.05, 4.69) is 15.6 Å². The van der Waals surface area contributed by atoms with E-state index in [-0.39, 0.29) is 24.6 Å². The van der Waals surface area contributed by atoms with Gasteiger partial charge in [-0.05, 0) is 18.6 Å². The van der Waals surface area contributed by atoms with Crippen LogP contribution in [0.1, 0.15) is 16.8 Å². The number of hydrogen-bond acceptors (Lipinski definition) is 5. The molecule has 100 valence electrons. The molecule has 0 atom stereocenters. The number of primary sulfonamides is 1. The van der Waals surface area contributed by atoms with Gasteiger partial charge >= 0.3 is 0 Å². The highest BCUT2D eigenvalue weighted by molar-refractivity contribution is 7.89. The summed E-state index contributed by atoms with van der Waals surface area (Å²) in [6, 6.07) is 3.19. The van der Waals surface area contributed by atoms with Crippen LogP contribution in [0.2, 0.25) is 0 Å². The second-order valence-electron chi connectivity index (χ2n) is 3.66. The molecule has 0 aliphatic rings. The number of nitrogens with two attached hydrogens (primary N) is 1. The third kappa shape index (κ3) is 5.11. The summed E-state index contributed by atoms with van der Waals surface area (Å²) in [5.41, 5.74) is 0.463. The number of nitrogens with zero attached hydrogens (tertiary/aromatic N) is 1. The van der Waals surface area contributed by atoms with Crippen molar-refractivity contribution in [3.05, 3.63) is 23.9 Å². The van der Waals surface area contributed by atoms with Crippen molar-refractivity contribution in [2.75, 3.05) is 24.7 Å². The van der Waals surface area contributed by atoms with Crippen LogP contribution in [-0.2, 0) is 10.0 Å². The Balaban J connectivity index is 2.45. The van der Waals surface area contributed by atoms with E-state index in [0.29, 0.717) is 11.4 Å². The first-order chi connectivity index (χ1) is 8.42. The van der Waals surface area contributed by atoms with E-state index in [1.165, 1.54) is 6.20 Å². The van der Waals surface area contributed by atoms with Crippen molar-refractivity contribution >= 4 is 21.7 Å². The van der Waals surface area contributed by atoms with Crippen molar-refractivity contribution in [1.29, 1.82) is 0 Å². The minimum absolute atomic E-state index is 0.147. The topological polar surface area (TPSA) is 114 Å². The highest BCUT2D eigenvalue weighted by Crippen LogP contribution is 2.05. The summed E-state index contributed by atoms with van der Waals surface area (Å²) in [4.78, 5) is 15.7. The number of carbonyl (C=O) groups is 1. The summed E-state index contributed by atoms with van der Waals surface area (Å²) < 4.78 is 21.4. The first-order valence-corrected chi connectivity index (χ1v) is 7.06. The molecule has 0 saturated heterocycles. The van der Waals surface area contributed by atoms with Gasteiger partial charge in [-0.25, -0.2) is 18.5 Å². The molecule has 1 heterocycles. The highest BCUT2D eigenvalue weighted by Gasteiger charge is 2.07. The van der Waals surface area contributed by atoms with Crippen LogP contribution in [0.15, 0.2) is 18.3 Å². The molecule has 0 bridgehead atoms. The number of nitrogens with one attached hydrogen (secondary N) is 2. The molecule has 18 heavy (non-hydrogen) atoms. The minimum atomic E-state index is -3.47. The van der Waals surface area contributed by atoms with Crippen LogP contribution in [-0.4, -0.2) is 38.7 Å². The molecule has 7 nitrogen and oxygen atoms in total. The number of rotatable bonds is 6. The molecule has 0 aromatic carbocycles. The highest BCUT2D eigenvalue weighted by atomic mass is 32.2. The van der Waals surface area contributed by atoms with E-state index in [1.54, 1.807) is 19.2 Å². The molecule has 0 spiro atoms. The van der Waals surface area contributed by atoms with Gasteiger partial charge in [0.05, 0.1) is 5.75 Å². The number of pyridine rings is 1. The Bertz CT molecular complexity index is 516. The van der Waals surface area contributed by atoms with Crippen molar-refractivity contribution < 1.29 is 13.2 Å². The molecule has 0 saturated carbocycles. The Morgan fingerprint density at radius 3 is 2.83 bits per heavy atom. The molecule has 0 aliphatic heterocycles. The largest absolute Gasteiger partial charge is 0.373 e. The Labute approximate surface area is 106 Å². The molecular weight excluding hydrogens is 256 g/mol. The fraction of sp³-hybridized carbons (Fsp3) is 0.400. The lowest BCUT2D eigenvalue weighted by atomic mass is 10.2. The summed E-state index contributed by atoms with van der Waals surface area (Å²) in [7, 11) is -1.76. The molecule has 0 radical (unpaired) electrons. The van der Waals surface area contributed by atoms with Gasteiger partial charge in [-0.1, -0.05) is 0 Å². The van der Waals surface area contributed by atoms with E-state index < -0.39 is 10.0 Å². The molecule has 0 fully saturated rings. The predicted octanol–water partition coefficient (Wildman–Crippen LogP) is -0.468. The van der Waals surface area contributed by atoms with Gasteiger partial charge in [0.2, 0.25) is 10.0 Å². The lowest BCUT2D eigenvalue weighted by molar-refractivity contribution is 0.0953. The zero-order chi connectivity index (χ0) is 13.6. The number of carbonyl (C=O) groups excluding carboxylic acids is 1. The number of aromatic nitrogens is 1. The van der Waals surface area contributed by atoms with Crippen molar-refractivity contribution in [1.82, 2.24) is 10.3 Å². The van der Waals surface area contributed by atoms with Crippen LogP contribution in [0.3, 0.4) is 0 Å². The smallest absolute Gasteiger partial charge is 0.251 e. The van der Waals surface area contributed by atoms with E-state index in [1.807, 2.05) is 0 Å². The molecule has 1 aromatic rings. The lowest BCUT2D eigenvalue weighted by Crippen LogP contribution is -2.27. The van der Waals surface area contributed by atoms with Gasteiger partial charge in [0.25, 0.3) is 5.91 Å². The Hall–Kier alpha value is -1.67. The van der Waals surface area contributed by atoms with E-state index >= 15 is 0 Å². The second kappa shape index (κ2) is 6.31. The van der Waals surface area contributed by atoms with E-state index in [0.717, 1.165) is 0 Å². The number of amides is 1. The van der Waals surface area contributed by atoms with Crippen molar-refractivity contribution in [3.63, 3.8) is 0 Å². The first kappa shape index (κ1) is 14.4. The molecule has 1 amide bonds. The summed E-state index contributed by atoms with van der Waals surface area (Å²) >= 11 is 0. The van der Waals surface area contributed by atoms with Crippen LogP contribution in [0.5, 0.6) is 0 Å². The molecule has 1 rings (SSSR count). The van der Waals surface area contributed by atoms with Crippen molar-refractivity contribution in [2.45, 2.75) is 6.42 Å². The maximum atomic E-state index is 11.7. The van der Waals surface area contributed by atoms with Gasteiger partial charge in [0.1, 0.15) is 5.82 Å². The maximum Gasteiger partial charge on any atom is 0.251 e. The monoisotopic (exact) mass is 272 g/mol. The van der Waals surface area contributed by atoms with Crippen molar-refractivity contribution in [2.24, 2.45) is 5.14 Å². The fourth-order valence-corrected chi connectivity index (χ4v) is 1.83. The van der Waals surface area contributed by atoms with Crippen LogP contribution in [0.25, 0.3) is 0 Å². The quantitative estimate of drug-likeness (QED) is 0.606. The van der Waals surface area contributed by atoms with E-state index in [4.69, 9.17) is 5.14 Å². The zero-order valence-corrected chi connectivity index (χ0v) is 10.8. The third-order valence-corrected chi connectivity index (χ3v) is 3.03. The number of anilines is 1. The zero-order valence-electron chi connectivity index (χ0n) is 10.0. The average molecular weight is 272 g/mol. The second-order valence-corrected chi connectivity index (χ2v) is 5.39. The maximum absolute atomic E-state index is 11.7. The van der Waals surface area contributed by atoms with Gasteiger partial charge in [0, 0.05) is 25.4 Å². The molecule has 1 aromatic heterocycles. The minimum Gasteiger partial charge on any atom is -0.373 e. The van der Waals surface area contributed by atoms with Gasteiger partial charge in [0.15, 0.2) is 0 Å². The third-order valence-electron chi connectivity index (χ3n) is 2.17. The molecule has 0 aliphatic carbocycles. The van der Waals surface area contributed by atoms with Gasteiger partial charge in [-0.15, -0.1) is 0 Å². The van der Waals surface area contributed by atoms with E-state index in [9.17, 15) is 13.2 Å². The summed E-state index contributed by atoms with van der Waals surface area (Å²) in [5.74, 6) is 0.168. The Morgan fingerprint density at radius 2 is 2.22 bits per heavy atom. The molecule has 0 unspecified atom stereocenters. The lowest BCUT2D eigenvalue weighted by Gasteiger charge is -2.06. The van der Waals surface area contributed by atoms with Crippen LogP contribution in [0.4, 0.5) is 5.82 Å². The first-order valence-electron chi connectivity index (χ1n) is 5.35.